The van der Waals surface area contributed by atoms with Gasteiger partial charge in [-0.25, -0.2) is 0 Å². The fraction of sp³-hybridized carbons (Fsp3) is 0.364. The molecule has 0 spiro atoms. The van der Waals surface area contributed by atoms with Crippen molar-refractivity contribution >= 4 is 21.4 Å². The van der Waals surface area contributed by atoms with Crippen LogP contribution in [0.1, 0.15) is 30.2 Å². The van der Waals surface area contributed by atoms with Gasteiger partial charge in [0.1, 0.15) is 0 Å². The monoisotopic (exact) mass is 191 g/mol. The summed E-state index contributed by atoms with van der Waals surface area (Å²) in [5, 5.41) is 1.29. The number of fused-ring (bicyclic) bond motifs is 1. The van der Waals surface area contributed by atoms with Gasteiger partial charge in [0.2, 0.25) is 0 Å². The molecule has 2 aromatic heterocycles. The van der Waals surface area contributed by atoms with Crippen LogP contribution in [0.3, 0.4) is 0 Å². The van der Waals surface area contributed by atoms with Crippen molar-refractivity contribution in [3.63, 3.8) is 0 Å². The van der Waals surface area contributed by atoms with Crippen LogP contribution in [0.15, 0.2) is 18.5 Å². The molecule has 2 heterocycles. The van der Waals surface area contributed by atoms with E-state index in [1.54, 1.807) is 0 Å². The molecule has 13 heavy (non-hydrogen) atoms. The molecule has 0 aromatic carbocycles. The molecule has 1 nitrogen and oxygen atoms in total. The fourth-order valence-electron chi connectivity index (χ4n) is 1.52. The van der Waals surface area contributed by atoms with Crippen molar-refractivity contribution in [3.05, 3.63) is 28.9 Å². The minimum Gasteiger partial charge on any atom is -0.264 e. The zero-order valence-corrected chi connectivity index (χ0v) is 8.98. The molecule has 2 aromatic rings. The molecule has 68 valence electrons. The summed E-state index contributed by atoms with van der Waals surface area (Å²) in [6, 6.07) is 2.21. The van der Waals surface area contributed by atoms with Crippen LogP contribution in [0.2, 0.25) is 0 Å². The maximum absolute atomic E-state index is 4.25. The van der Waals surface area contributed by atoms with Crippen LogP contribution < -0.4 is 0 Å². The zero-order valence-electron chi connectivity index (χ0n) is 8.16. The fourth-order valence-corrected chi connectivity index (χ4v) is 2.67. The average molecular weight is 191 g/mol. The summed E-state index contributed by atoms with van der Waals surface area (Å²) in [4.78, 5) is 5.62. The highest BCUT2D eigenvalue weighted by Gasteiger charge is 2.07. The average Bonchev–Trinajstić information content (AvgIpc) is 2.43. The van der Waals surface area contributed by atoms with Crippen LogP contribution in [0.25, 0.3) is 10.1 Å². The number of nitrogens with zero attached hydrogens (tertiary/aromatic N) is 1. The minimum atomic E-state index is 0.564. The summed E-state index contributed by atoms with van der Waals surface area (Å²) >= 11 is 1.87. The molecule has 0 radical (unpaired) electrons. The van der Waals surface area contributed by atoms with E-state index in [1.807, 2.05) is 23.7 Å². The number of thiophene rings is 1. The van der Waals surface area contributed by atoms with E-state index in [-0.39, 0.29) is 0 Å². The largest absolute Gasteiger partial charge is 0.264 e. The molecule has 0 aliphatic carbocycles. The van der Waals surface area contributed by atoms with Crippen LogP contribution in [0.5, 0.6) is 0 Å². The lowest BCUT2D eigenvalue weighted by Gasteiger charge is -2.04. The maximum atomic E-state index is 4.25. The second-order valence-corrected chi connectivity index (χ2v) is 4.92. The van der Waals surface area contributed by atoms with Crippen LogP contribution in [-0.4, -0.2) is 4.98 Å². The first kappa shape index (κ1) is 8.70. The third kappa shape index (κ3) is 1.46. The number of aromatic nitrogens is 1. The van der Waals surface area contributed by atoms with E-state index in [0.29, 0.717) is 5.92 Å². The van der Waals surface area contributed by atoms with Crippen LogP contribution in [-0.2, 0) is 0 Å². The maximum Gasteiger partial charge on any atom is 0.0410 e. The molecule has 0 aliphatic rings. The predicted molar refractivity (Wildman–Crippen MR) is 58.4 cm³/mol. The summed E-state index contributed by atoms with van der Waals surface area (Å²) in [6.45, 7) is 6.58. The Morgan fingerprint density at radius 3 is 2.77 bits per heavy atom. The number of rotatable bonds is 1. The Morgan fingerprint density at radius 2 is 2.08 bits per heavy atom. The molecule has 0 saturated carbocycles. The topological polar surface area (TPSA) is 12.9 Å². The normalized spacial score (nSPS) is 11.4. The second-order valence-electron chi connectivity index (χ2n) is 3.66. The van der Waals surface area contributed by atoms with Crippen molar-refractivity contribution in [1.82, 2.24) is 4.98 Å². The van der Waals surface area contributed by atoms with E-state index < -0.39 is 0 Å². The van der Waals surface area contributed by atoms with E-state index in [1.165, 1.54) is 20.5 Å². The van der Waals surface area contributed by atoms with Crippen molar-refractivity contribution in [3.8, 4) is 0 Å². The minimum absolute atomic E-state index is 0.564. The summed E-state index contributed by atoms with van der Waals surface area (Å²) in [7, 11) is 0. The van der Waals surface area contributed by atoms with Gasteiger partial charge in [-0.15, -0.1) is 11.3 Å². The summed E-state index contributed by atoms with van der Waals surface area (Å²) < 4.78 is 1.41. The second kappa shape index (κ2) is 3.11. The van der Waals surface area contributed by atoms with Crippen molar-refractivity contribution in [2.24, 2.45) is 0 Å². The van der Waals surface area contributed by atoms with E-state index in [4.69, 9.17) is 0 Å². The SMILES string of the molecule is Cc1cc2cncc(C(C)C)c2s1. The molecular weight excluding hydrogens is 178 g/mol. The highest BCUT2D eigenvalue weighted by atomic mass is 32.1. The molecule has 0 fully saturated rings. The van der Waals surface area contributed by atoms with Gasteiger partial charge in [0.05, 0.1) is 0 Å². The Labute approximate surface area is 82.4 Å². The number of pyridine rings is 1. The lowest BCUT2D eigenvalue weighted by Crippen LogP contribution is -1.87. The lowest BCUT2D eigenvalue weighted by molar-refractivity contribution is 0.871. The summed E-state index contributed by atoms with van der Waals surface area (Å²) in [5.41, 5.74) is 1.37. The number of hydrogen-bond donors (Lipinski definition) is 0. The zero-order chi connectivity index (χ0) is 9.42. The highest BCUT2D eigenvalue weighted by molar-refractivity contribution is 7.19. The van der Waals surface area contributed by atoms with Gasteiger partial charge in [0.25, 0.3) is 0 Å². The van der Waals surface area contributed by atoms with Crippen LogP contribution >= 0.6 is 11.3 Å². The van der Waals surface area contributed by atoms with E-state index >= 15 is 0 Å². The molecular formula is C11H13NS. The quantitative estimate of drug-likeness (QED) is 0.669. The smallest absolute Gasteiger partial charge is 0.0410 e. The third-order valence-corrected chi connectivity index (χ3v) is 3.31. The van der Waals surface area contributed by atoms with Crippen molar-refractivity contribution in [2.45, 2.75) is 26.7 Å². The molecule has 0 amide bonds. The molecule has 0 aliphatic heterocycles. The Bertz CT molecular complexity index is 429. The molecule has 2 heteroatoms. The standard InChI is InChI=1S/C11H13NS/c1-7(2)10-6-12-5-9-4-8(3)13-11(9)10/h4-7H,1-3H3. The number of hydrogen-bond acceptors (Lipinski definition) is 2. The Morgan fingerprint density at radius 1 is 1.31 bits per heavy atom. The van der Waals surface area contributed by atoms with Crippen molar-refractivity contribution in [2.75, 3.05) is 0 Å². The lowest BCUT2D eigenvalue weighted by atomic mass is 10.1. The van der Waals surface area contributed by atoms with Gasteiger partial charge >= 0.3 is 0 Å². The molecule has 0 N–H and O–H groups in total. The highest BCUT2D eigenvalue weighted by Crippen LogP contribution is 2.31. The van der Waals surface area contributed by atoms with Gasteiger partial charge in [0, 0.05) is 27.4 Å². The molecule has 0 atom stereocenters. The third-order valence-electron chi connectivity index (χ3n) is 2.20. The first-order valence-electron chi connectivity index (χ1n) is 4.52. The van der Waals surface area contributed by atoms with Crippen LogP contribution in [0, 0.1) is 6.92 Å². The summed E-state index contributed by atoms with van der Waals surface area (Å²) in [6.07, 6.45) is 3.94. The Balaban J connectivity index is 2.75. The van der Waals surface area contributed by atoms with Gasteiger partial charge in [-0.3, -0.25) is 4.98 Å². The Kier molecular flexibility index (Phi) is 2.08. The van der Waals surface area contributed by atoms with Gasteiger partial charge in [0.15, 0.2) is 0 Å². The molecule has 0 unspecified atom stereocenters. The molecule has 0 saturated heterocycles. The van der Waals surface area contributed by atoms with Gasteiger partial charge in [-0.2, -0.15) is 0 Å². The van der Waals surface area contributed by atoms with Gasteiger partial charge in [-0.1, -0.05) is 13.8 Å². The van der Waals surface area contributed by atoms with Crippen molar-refractivity contribution < 1.29 is 0 Å². The molecule has 0 bridgehead atoms. The van der Waals surface area contributed by atoms with Gasteiger partial charge in [-0.05, 0) is 24.5 Å². The van der Waals surface area contributed by atoms with Crippen molar-refractivity contribution in [1.29, 1.82) is 0 Å². The number of aryl methyl sites for hydroxylation is 1. The first-order valence-corrected chi connectivity index (χ1v) is 5.34. The van der Waals surface area contributed by atoms with Gasteiger partial charge < -0.3 is 0 Å². The summed E-state index contributed by atoms with van der Waals surface area (Å²) in [5.74, 6) is 0.564. The predicted octanol–water partition coefficient (Wildman–Crippen LogP) is 3.73. The first-order chi connectivity index (χ1) is 6.18. The molecule has 2 rings (SSSR count). The Hall–Kier alpha value is -0.890. The van der Waals surface area contributed by atoms with E-state index in [2.05, 4.69) is 31.8 Å². The van der Waals surface area contributed by atoms with E-state index in [0.717, 1.165) is 0 Å². The van der Waals surface area contributed by atoms with Crippen LogP contribution in [0.4, 0.5) is 0 Å². The van der Waals surface area contributed by atoms with E-state index in [9.17, 15) is 0 Å².